The SMILES string of the molecule is Cn1ncc(Cl)c1S(=O)(=O)NC1CC12CCNCC2. The molecule has 1 aliphatic carbocycles. The topological polar surface area (TPSA) is 76.0 Å². The van der Waals surface area contributed by atoms with E-state index >= 15 is 0 Å². The molecule has 2 aliphatic rings. The van der Waals surface area contributed by atoms with Gasteiger partial charge in [-0.1, -0.05) is 11.6 Å². The lowest BCUT2D eigenvalue weighted by molar-refractivity contribution is 0.337. The molecule has 1 aliphatic heterocycles. The average Bonchev–Trinajstić information content (AvgIpc) is 2.82. The first-order valence-electron chi connectivity index (χ1n) is 6.35. The molecule has 106 valence electrons. The highest BCUT2D eigenvalue weighted by Crippen LogP contribution is 2.53. The maximum Gasteiger partial charge on any atom is 0.259 e. The fraction of sp³-hybridized carbons (Fsp3) is 0.727. The summed E-state index contributed by atoms with van der Waals surface area (Å²) in [6.07, 6.45) is 4.32. The largest absolute Gasteiger partial charge is 0.317 e. The number of halogens is 1. The molecule has 19 heavy (non-hydrogen) atoms. The smallest absolute Gasteiger partial charge is 0.259 e. The number of nitrogens with zero attached hydrogens (tertiary/aromatic N) is 2. The maximum atomic E-state index is 12.3. The van der Waals surface area contributed by atoms with Gasteiger partial charge >= 0.3 is 0 Å². The molecular weight excluding hydrogens is 288 g/mol. The molecule has 2 fully saturated rings. The van der Waals surface area contributed by atoms with Crippen LogP contribution in [0.5, 0.6) is 0 Å². The first-order valence-corrected chi connectivity index (χ1v) is 8.21. The molecule has 0 radical (unpaired) electrons. The Bertz CT molecular complexity index is 572. The first kappa shape index (κ1) is 13.4. The van der Waals surface area contributed by atoms with Gasteiger partial charge in [-0.3, -0.25) is 4.68 Å². The highest BCUT2D eigenvalue weighted by Gasteiger charge is 2.55. The summed E-state index contributed by atoms with van der Waals surface area (Å²) in [6.45, 7) is 1.93. The van der Waals surface area contributed by atoms with Gasteiger partial charge in [0.15, 0.2) is 5.03 Å². The van der Waals surface area contributed by atoms with Crippen LogP contribution in [0.3, 0.4) is 0 Å². The minimum Gasteiger partial charge on any atom is -0.317 e. The molecule has 1 aromatic rings. The van der Waals surface area contributed by atoms with E-state index in [-0.39, 0.29) is 21.5 Å². The number of hydrogen-bond donors (Lipinski definition) is 2. The van der Waals surface area contributed by atoms with Crippen LogP contribution in [0, 0.1) is 5.41 Å². The van der Waals surface area contributed by atoms with Gasteiger partial charge in [0.05, 0.1) is 11.2 Å². The van der Waals surface area contributed by atoms with Crippen molar-refractivity contribution in [3.05, 3.63) is 11.2 Å². The monoisotopic (exact) mass is 304 g/mol. The quantitative estimate of drug-likeness (QED) is 0.852. The summed E-state index contributed by atoms with van der Waals surface area (Å²) in [4.78, 5) is 0. The molecule has 1 saturated carbocycles. The van der Waals surface area contributed by atoms with Gasteiger partial charge in [0.1, 0.15) is 0 Å². The zero-order chi connectivity index (χ0) is 13.7. The summed E-state index contributed by atoms with van der Waals surface area (Å²) in [7, 11) is -2.02. The highest BCUT2D eigenvalue weighted by molar-refractivity contribution is 7.89. The van der Waals surface area contributed by atoms with Gasteiger partial charge in [-0.05, 0) is 37.8 Å². The molecule has 1 spiro atoms. The number of aromatic nitrogens is 2. The van der Waals surface area contributed by atoms with E-state index < -0.39 is 10.0 Å². The first-order chi connectivity index (χ1) is 8.95. The van der Waals surface area contributed by atoms with Gasteiger partial charge in [0, 0.05) is 13.1 Å². The van der Waals surface area contributed by atoms with Crippen molar-refractivity contribution in [3.8, 4) is 0 Å². The fourth-order valence-corrected chi connectivity index (χ4v) is 4.93. The number of aryl methyl sites for hydroxylation is 1. The van der Waals surface area contributed by atoms with Gasteiger partial charge < -0.3 is 5.32 Å². The molecule has 6 nitrogen and oxygen atoms in total. The van der Waals surface area contributed by atoms with Crippen LogP contribution >= 0.6 is 11.6 Å². The van der Waals surface area contributed by atoms with Crippen LogP contribution in [0.4, 0.5) is 0 Å². The Labute approximate surface area is 117 Å². The molecule has 0 amide bonds. The Kier molecular flexibility index (Phi) is 3.12. The van der Waals surface area contributed by atoms with Crippen molar-refractivity contribution in [1.29, 1.82) is 0 Å². The molecular formula is C11H17ClN4O2S. The Morgan fingerprint density at radius 2 is 2.21 bits per heavy atom. The van der Waals surface area contributed by atoms with Crippen molar-refractivity contribution >= 4 is 21.6 Å². The van der Waals surface area contributed by atoms with Crippen molar-refractivity contribution in [1.82, 2.24) is 19.8 Å². The van der Waals surface area contributed by atoms with Gasteiger partial charge in [-0.25, -0.2) is 13.1 Å². The minimum atomic E-state index is -3.59. The molecule has 1 saturated heterocycles. The number of rotatable bonds is 3. The van der Waals surface area contributed by atoms with E-state index in [1.807, 2.05) is 0 Å². The number of piperidine rings is 1. The van der Waals surface area contributed by atoms with Crippen LogP contribution in [0.25, 0.3) is 0 Å². The molecule has 1 atom stereocenters. The third-order valence-corrected chi connectivity index (χ3v) is 6.16. The second kappa shape index (κ2) is 4.44. The highest BCUT2D eigenvalue weighted by atomic mass is 35.5. The van der Waals surface area contributed by atoms with Crippen LogP contribution in [-0.4, -0.2) is 37.3 Å². The second-order valence-corrected chi connectivity index (χ2v) is 7.45. The summed E-state index contributed by atoms with van der Waals surface area (Å²) in [5, 5.41) is 7.38. The van der Waals surface area contributed by atoms with Crippen molar-refractivity contribution in [2.24, 2.45) is 12.5 Å². The zero-order valence-corrected chi connectivity index (χ0v) is 12.3. The van der Waals surface area contributed by atoms with E-state index in [2.05, 4.69) is 15.1 Å². The predicted octanol–water partition coefficient (Wildman–Crippen LogP) is 0.494. The lowest BCUT2D eigenvalue weighted by Gasteiger charge is -2.23. The van der Waals surface area contributed by atoms with E-state index in [4.69, 9.17) is 11.6 Å². The summed E-state index contributed by atoms with van der Waals surface area (Å²) >= 11 is 5.90. The van der Waals surface area contributed by atoms with E-state index in [1.54, 1.807) is 7.05 Å². The van der Waals surface area contributed by atoms with E-state index in [0.29, 0.717) is 0 Å². The van der Waals surface area contributed by atoms with Crippen LogP contribution in [0.1, 0.15) is 19.3 Å². The van der Waals surface area contributed by atoms with Crippen molar-refractivity contribution in [2.45, 2.75) is 30.3 Å². The maximum absolute atomic E-state index is 12.3. The van der Waals surface area contributed by atoms with Crippen LogP contribution in [0.15, 0.2) is 11.2 Å². The van der Waals surface area contributed by atoms with Gasteiger partial charge in [-0.15, -0.1) is 0 Å². The normalized spacial score (nSPS) is 25.7. The van der Waals surface area contributed by atoms with Gasteiger partial charge in [-0.2, -0.15) is 5.10 Å². The number of hydrogen-bond acceptors (Lipinski definition) is 4. The van der Waals surface area contributed by atoms with Gasteiger partial charge in [0.2, 0.25) is 0 Å². The molecule has 1 aromatic heterocycles. The lowest BCUT2D eigenvalue weighted by atomic mass is 9.94. The van der Waals surface area contributed by atoms with Crippen LogP contribution in [0.2, 0.25) is 5.02 Å². The van der Waals surface area contributed by atoms with Crippen LogP contribution < -0.4 is 10.0 Å². The van der Waals surface area contributed by atoms with Gasteiger partial charge in [0.25, 0.3) is 10.0 Å². The van der Waals surface area contributed by atoms with Crippen LogP contribution in [-0.2, 0) is 17.1 Å². The molecule has 1 unspecified atom stereocenters. The van der Waals surface area contributed by atoms with Crippen molar-refractivity contribution in [2.75, 3.05) is 13.1 Å². The lowest BCUT2D eigenvalue weighted by Crippen LogP contribution is -2.36. The summed E-state index contributed by atoms with van der Waals surface area (Å²) < 4.78 is 28.7. The standard InChI is InChI=1S/C11H17ClN4O2S/c1-16-10(8(12)7-14-16)19(17,18)15-9-6-11(9)2-4-13-5-3-11/h7,9,13,15H,2-6H2,1H3. The molecule has 0 aromatic carbocycles. The zero-order valence-electron chi connectivity index (χ0n) is 10.7. The Balaban J connectivity index is 1.77. The third kappa shape index (κ3) is 2.29. The predicted molar refractivity (Wildman–Crippen MR) is 71.5 cm³/mol. The second-order valence-electron chi connectivity index (χ2n) is 5.41. The Morgan fingerprint density at radius 1 is 1.53 bits per heavy atom. The fourth-order valence-electron chi connectivity index (χ4n) is 2.94. The molecule has 0 bridgehead atoms. The van der Waals surface area contributed by atoms with Crippen molar-refractivity contribution < 1.29 is 8.42 Å². The molecule has 2 heterocycles. The molecule has 3 rings (SSSR count). The van der Waals surface area contributed by atoms with E-state index in [0.717, 1.165) is 32.4 Å². The van der Waals surface area contributed by atoms with Crippen molar-refractivity contribution in [3.63, 3.8) is 0 Å². The minimum absolute atomic E-state index is 0.0329. The summed E-state index contributed by atoms with van der Waals surface area (Å²) in [5.41, 5.74) is 0.156. The van der Waals surface area contributed by atoms with E-state index in [9.17, 15) is 8.42 Å². The summed E-state index contributed by atoms with van der Waals surface area (Å²) in [6, 6.07) is 0.0329. The van der Waals surface area contributed by atoms with E-state index in [1.165, 1.54) is 10.9 Å². The third-order valence-electron chi connectivity index (χ3n) is 4.18. The number of sulfonamides is 1. The number of nitrogens with one attached hydrogen (secondary N) is 2. The molecule has 8 heteroatoms. The Morgan fingerprint density at radius 3 is 2.79 bits per heavy atom. The summed E-state index contributed by atoms with van der Waals surface area (Å²) in [5.74, 6) is 0. The Hall–Kier alpha value is -0.630. The molecule has 2 N–H and O–H groups in total. The average molecular weight is 305 g/mol.